The van der Waals surface area contributed by atoms with Gasteiger partial charge in [0.2, 0.25) is 0 Å². The number of aromatic nitrogens is 3. The van der Waals surface area contributed by atoms with Crippen LogP contribution in [0.15, 0.2) is 22.9 Å². The van der Waals surface area contributed by atoms with Gasteiger partial charge in [0.15, 0.2) is 17.3 Å². The SMILES string of the molecule is COc1cc(CCN)cc(Br)c1OCc1ncnn1C. The Balaban J connectivity index is 2.20. The van der Waals surface area contributed by atoms with Gasteiger partial charge in [-0.05, 0) is 46.6 Å². The van der Waals surface area contributed by atoms with Crippen molar-refractivity contribution in [3.05, 3.63) is 34.3 Å². The normalized spacial score (nSPS) is 10.6. The highest BCUT2D eigenvalue weighted by molar-refractivity contribution is 9.10. The van der Waals surface area contributed by atoms with Gasteiger partial charge in [-0.3, -0.25) is 4.68 Å². The second-order valence-corrected chi connectivity index (χ2v) is 5.09. The van der Waals surface area contributed by atoms with Crippen LogP contribution in [0, 0.1) is 0 Å². The van der Waals surface area contributed by atoms with Crippen LogP contribution in [0.25, 0.3) is 0 Å². The molecule has 0 aliphatic heterocycles. The zero-order valence-corrected chi connectivity index (χ0v) is 13.1. The Kier molecular flexibility index (Phi) is 4.97. The molecule has 1 heterocycles. The van der Waals surface area contributed by atoms with E-state index in [2.05, 4.69) is 26.0 Å². The molecular weight excluding hydrogens is 324 g/mol. The predicted molar refractivity (Wildman–Crippen MR) is 78.8 cm³/mol. The number of benzene rings is 1. The zero-order chi connectivity index (χ0) is 14.5. The molecule has 0 radical (unpaired) electrons. The van der Waals surface area contributed by atoms with Crippen LogP contribution in [-0.4, -0.2) is 28.4 Å². The van der Waals surface area contributed by atoms with Crippen molar-refractivity contribution in [2.75, 3.05) is 13.7 Å². The Labute approximate surface area is 126 Å². The largest absolute Gasteiger partial charge is 0.493 e. The van der Waals surface area contributed by atoms with Gasteiger partial charge in [0.05, 0.1) is 11.6 Å². The third-order valence-electron chi connectivity index (χ3n) is 2.87. The molecule has 0 saturated heterocycles. The number of aryl methyl sites for hydroxylation is 1. The maximum atomic E-state index is 5.79. The second-order valence-electron chi connectivity index (χ2n) is 4.24. The number of methoxy groups -OCH3 is 1. The molecule has 108 valence electrons. The molecule has 1 aromatic carbocycles. The minimum absolute atomic E-state index is 0.321. The van der Waals surface area contributed by atoms with Crippen molar-refractivity contribution in [2.45, 2.75) is 13.0 Å². The van der Waals surface area contributed by atoms with Crippen molar-refractivity contribution in [3.8, 4) is 11.5 Å². The number of hydrogen-bond acceptors (Lipinski definition) is 5. The Morgan fingerprint density at radius 3 is 2.80 bits per heavy atom. The van der Waals surface area contributed by atoms with E-state index >= 15 is 0 Å². The number of nitrogens with two attached hydrogens (primary N) is 1. The standard InChI is InChI=1S/C13H17BrN4O2/c1-18-12(16-8-17-18)7-20-13-10(14)5-9(3-4-15)6-11(13)19-2/h5-6,8H,3-4,7,15H2,1-2H3. The van der Waals surface area contributed by atoms with E-state index in [-0.39, 0.29) is 0 Å². The summed E-state index contributed by atoms with van der Waals surface area (Å²) in [6.45, 7) is 0.913. The van der Waals surface area contributed by atoms with E-state index in [0.29, 0.717) is 24.7 Å². The summed E-state index contributed by atoms with van der Waals surface area (Å²) < 4.78 is 13.7. The lowest BCUT2D eigenvalue weighted by molar-refractivity contribution is 0.269. The summed E-state index contributed by atoms with van der Waals surface area (Å²) in [6.07, 6.45) is 2.29. The molecule has 0 bridgehead atoms. The van der Waals surface area contributed by atoms with Crippen LogP contribution in [0.2, 0.25) is 0 Å². The summed E-state index contributed by atoms with van der Waals surface area (Å²) in [4.78, 5) is 4.12. The molecule has 6 nitrogen and oxygen atoms in total. The van der Waals surface area contributed by atoms with Gasteiger partial charge in [0.25, 0.3) is 0 Å². The fourth-order valence-corrected chi connectivity index (χ4v) is 2.42. The van der Waals surface area contributed by atoms with Gasteiger partial charge in [-0.1, -0.05) is 0 Å². The highest BCUT2D eigenvalue weighted by atomic mass is 79.9. The molecule has 0 unspecified atom stereocenters. The molecule has 0 amide bonds. The first-order chi connectivity index (χ1) is 9.65. The zero-order valence-electron chi connectivity index (χ0n) is 11.5. The average molecular weight is 341 g/mol. The van der Waals surface area contributed by atoms with Crippen molar-refractivity contribution in [1.29, 1.82) is 0 Å². The fourth-order valence-electron chi connectivity index (χ4n) is 1.81. The van der Waals surface area contributed by atoms with E-state index in [4.69, 9.17) is 15.2 Å². The third-order valence-corrected chi connectivity index (χ3v) is 3.46. The lowest BCUT2D eigenvalue weighted by atomic mass is 10.1. The van der Waals surface area contributed by atoms with Crippen molar-refractivity contribution in [1.82, 2.24) is 14.8 Å². The lowest BCUT2D eigenvalue weighted by Gasteiger charge is -2.14. The molecule has 7 heteroatoms. The van der Waals surface area contributed by atoms with Crippen LogP contribution in [0.5, 0.6) is 11.5 Å². The summed E-state index contributed by atoms with van der Waals surface area (Å²) in [6, 6.07) is 3.92. The van der Waals surface area contributed by atoms with Crippen LogP contribution in [0.4, 0.5) is 0 Å². The molecule has 2 aromatic rings. The second kappa shape index (κ2) is 6.71. The first-order valence-electron chi connectivity index (χ1n) is 6.18. The van der Waals surface area contributed by atoms with Crippen molar-refractivity contribution in [3.63, 3.8) is 0 Å². The minimum Gasteiger partial charge on any atom is -0.493 e. The van der Waals surface area contributed by atoms with Gasteiger partial charge in [-0.2, -0.15) is 5.10 Å². The maximum absolute atomic E-state index is 5.79. The minimum atomic E-state index is 0.321. The molecule has 0 spiro atoms. The average Bonchev–Trinajstić information content (AvgIpc) is 2.83. The molecule has 1 aromatic heterocycles. The van der Waals surface area contributed by atoms with Crippen molar-refractivity contribution < 1.29 is 9.47 Å². The van der Waals surface area contributed by atoms with Crippen LogP contribution >= 0.6 is 15.9 Å². The van der Waals surface area contributed by atoms with Crippen molar-refractivity contribution in [2.24, 2.45) is 12.8 Å². The van der Waals surface area contributed by atoms with Crippen LogP contribution < -0.4 is 15.2 Å². The predicted octanol–water partition coefficient (Wildman–Crippen LogP) is 1.67. The number of rotatable bonds is 6. The molecule has 0 aliphatic carbocycles. The third kappa shape index (κ3) is 3.29. The van der Waals surface area contributed by atoms with E-state index in [0.717, 1.165) is 22.3 Å². The molecule has 2 rings (SSSR count). The number of ether oxygens (including phenoxy) is 2. The van der Waals surface area contributed by atoms with Gasteiger partial charge < -0.3 is 15.2 Å². The number of hydrogen-bond donors (Lipinski definition) is 1. The summed E-state index contributed by atoms with van der Waals surface area (Å²) in [5, 5.41) is 4.00. The Hall–Kier alpha value is -1.60. The molecule has 0 aliphatic rings. The van der Waals surface area contributed by atoms with Crippen LogP contribution in [-0.2, 0) is 20.1 Å². The molecule has 2 N–H and O–H groups in total. The van der Waals surface area contributed by atoms with Gasteiger partial charge in [0.1, 0.15) is 12.9 Å². The summed E-state index contributed by atoms with van der Waals surface area (Å²) in [5.74, 6) is 2.06. The molecule has 0 fully saturated rings. The molecule has 0 atom stereocenters. The van der Waals surface area contributed by atoms with Gasteiger partial charge in [-0.25, -0.2) is 4.98 Å². The number of nitrogens with zero attached hydrogens (tertiary/aromatic N) is 3. The first-order valence-corrected chi connectivity index (χ1v) is 6.97. The highest BCUT2D eigenvalue weighted by Crippen LogP contribution is 2.37. The van der Waals surface area contributed by atoms with Gasteiger partial charge in [0, 0.05) is 7.05 Å². The van der Waals surface area contributed by atoms with E-state index < -0.39 is 0 Å². The molecular formula is C13H17BrN4O2. The monoisotopic (exact) mass is 340 g/mol. The van der Waals surface area contributed by atoms with Crippen molar-refractivity contribution >= 4 is 15.9 Å². The Morgan fingerprint density at radius 2 is 2.20 bits per heavy atom. The van der Waals surface area contributed by atoms with Gasteiger partial charge >= 0.3 is 0 Å². The molecule has 0 saturated carbocycles. The summed E-state index contributed by atoms with van der Waals surface area (Å²) in [7, 11) is 3.44. The quantitative estimate of drug-likeness (QED) is 0.865. The number of halogens is 1. The Morgan fingerprint density at radius 1 is 1.40 bits per heavy atom. The lowest BCUT2D eigenvalue weighted by Crippen LogP contribution is -2.07. The maximum Gasteiger partial charge on any atom is 0.176 e. The fraction of sp³-hybridized carbons (Fsp3) is 0.385. The highest BCUT2D eigenvalue weighted by Gasteiger charge is 2.13. The van der Waals surface area contributed by atoms with Crippen LogP contribution in [0.1, 0.15) is 11.4 Å². The first kappa shape index (κ1) is 14.8. The summed E-state index contributed by atoms with van der Waals surface area (Å²) in [5.41, 5.74) is 6.67. The van der Waals surface area contributed by atoms with Gasteiger partial charge in [-0.15, -0.1) is 0 Å². The van der Waals surface area contributed by atoms with E-state index in [9.17, 15) is 0 Å². The summed E-state index contributed by atoms with van der Waals surface area (Å²) >= 11 is 3.50. The van der Waals surface area contributed by atoms with E-state index in [1.54, 1.807) is 11.8 Å². The Bertz CT molecular complexity index is 586. The molecule has 20 heavy (non-hydrogen) atoms. The van der Waals surface area contributed by atoms with Crippen LogP contribution in [0.3, 0.4) is 0 Å². The topological polar surface area (TPSA) is 75.2 Å². The van der Waals surface area contributed by atoms with E-state index in [1.165, 1.54) is 6.33 Å². The van der Waals surface area contributed by atoms with E-state index in [1.807, 2.05) is 19.2 Å². The smallest absolute Gasteiger partial charge is 0.176 e.